The van der Waals surface area contributed by atoms with Crippen molar-refractivity contribution in [3.05, 3.63) is 35.4 Å². The van der Waals surface area contributed by atoms with E-state index < -0.39 is 36.1 Å². The van der Waals surface area contributed by atoms with Gasteiger partial charge in [-0.2, -0.15) is 0 Å². The Balaban J connectivity index is 1.62. The number of carbonyl (C=O) groups is 4. The Morgan fingerprint density at radius 3 is 2.56 bits per heavy atom. The molecule has 0 bridgehead atoms. The second kappa shape index (κ2) is 7.36. The predicted molar refractivity (Wildman–Crippen MR) is 92.5 cm³/mol. The lowest BCUT2D eigenvalue weighted by molar-refractivity contribution is -0.145. The Kier molecular flexibility index (Phi) is 5.13. The van der Waals surface area contributed by atoms with Crippen molar-refractivity contribution in [2.45, 2.75) is 44.5 Å². The van der Waals surface area contributed by atoms with E-state index >= 15 is 0 Å². The fraction of sp³-hybridized carbons (Fsp3) is 0.444. The van der Waals surface area contributed by atoms with Crippen LogP contribution in [0.4, 0.5) is 4.79 Å². The third kappa shape index (κ3) is 3.63. The average molecular weight is 375 g/mol. The van der Waals surface area contributed by atoms with E-state index in [1.54, 1.807) is 0 Å². The first kappa shape index (κ1) is 18.8. The number of carbonyl (C=O) groups excluding carboxylic acids is 3. The second-order valence-corrected chi connectivity index (χ2v) is 6.76. The second-order valence-electron chi connectivity index (χ2n) is 6.76. The molecular weight excluding hydrogens is 354 g/mol. The van der Waals surface area contributed by atoms with Crippen molar-refractivity contribution in [1.82, 2.24) is 15.1 Å². The number of urea groups is 1. The molecule has 2 aliphatic heterocycles. The molecule has 1 aromatic carbocycles. The van der Waals surface area contributed by atoms with Gasteiger partial charge in [-0.05, 0) is 18.1 Å². The number of aliphatic carboxylic acids is 1. The number of benzene rings is 1. The van der Waals surface area contributed by atoms with Gasteiger partial charge in [0.25, 0.3) is 5.91 Å². The van der Waals surface area contributed by atoms with Crippen molar-refractivity contribution < 1.29 is 29.4 Å². The van der Waals surface area contributed by atoms with Crippen LogP contribution in [-0.2, 0) is 27.3 Å². The Morgan fingerprint density at radius 2 is 1.93 bits per heavy atom. The molecule has 4 amide bonds. The molecule has 2 aliphatic rings. The molecule has 0 unspecified atom stereocenters. The van der Waals surface area contributed by atoms with Gasteiger partial charge in [0.15, 0.2) is 6.04 Å². The number of rotatable bonds is 6. The van der Waals surface area contributed by atoms with Crippen LogP contribution in [0.2, 0.25) is 0 Å². The Labute approximate surface area is 155 Å². The van der Waals surface area contributed by atoms with Gasteiger partial charge in [0.1, 0.15) is 6.04 Å². The highest BCUT2D eigenvalue weighted by molar-refractivity contribution is 6.05. The molecule has 9 nitrogen and oxygen atoms in total. The lowest BCUT2D eigenvalue weighted by Gasteiger charge is -2.28. The normalized spacial score (nSPS) is 20.7. The molecule has 0 aromatic heterocycles. The highest BCUT2D eigenvalue weighted by Gasteiger charge is 2.46. The van der Waals surface area contributed by atoms with E-state index in [4.69, 9.17) is 5.11 Å². The standard InChI is InChI=1S/C18H21N3O6/c1-10(22)15(17(25)26)19-14(23)6-7-20-16(24)13-8-11-4-2-3-5-12(11)9-21(13)18(20)27/h2-5,10,13,15,22H,6-9H2,1H3,(H,19,23)(H,25,26)/t10-,13+,15+/m0/s1. The van der Waals surface area contributed by atoms with Crippen molar-refractivity contribution in [2.75, 3.05) is 6.54 Å². The van der Waals surface area contributed by atoms with Crippen LogP contribution in [0.5, 0.6) is 0 Å². The summed E-state index contributed by atoms with van der Waals surface area (Å²) in [7, 11) is 0. The van der Waals surface area contributed by atoms with Crippen LogP contribution in [0.3, 0.4) is 0 Å². The number of nitrogens with one attached hydrogen (secondary N) is 1. The van der Waals surface area contributed by atoms with Crippen molar-refractivity contribution in [3.63, 3.8) is 0 Å². The van der Waals surface area contributed by atoms with Crippen LogP contribution in [0, 0.1) is 0 Å². The summed E-state index contributed by atoms with van der Waals surface area (Å²) in [6.45, 7) is 1.46. The molecule has 0 saturated carbocycles. The van der Waals surface area contributed by atoms with E-state index in [2.05, 4.69) is 5.32 Å². The van der Waals surface area contributed by atoms with Crippen molar-refractivity contribution in [2.24, 2.45) is 0 Å². The number of aliphatic hydroxyl groups excluding tert-OH is 1. The van der Waals surface area contributed by atoms with Gasteiger partial charge < -0.3 is 20.4 Å². The molecule has 27 heavy (non-hydrogen) atoms. The van der Waals surface area contributed by atoms with E-state index in [0.717, 1.165) is 16.0 Å². The number of imide groups is 1. The lowest BCUT2D eigenvalue weighted by Crippen LogP contribution is -2.48. The maximum absolute atomic E-state index is 12.6. The lowest BCUT2D eigenvalue weighted by atomic mass is 9.95. The zero-order valence-corrected chi connectivity index (χ0v) is 14.8. The quantitative estimate of drug-likeness (QED) is 0.587. The molecule has 144 valence electrons. The number of hydrogen-bond donors (Lipinski definition) is 3. The maximum atomic E-state index is 12.6. The van der Waals surface area contributed by atoms with E-state index in [1.165, 1.54) is 11.8 Å². The van der Waals surface area contributed by atoms with Crippen LogP contribution in [0.1, 0.15) is 24.5 Å². The molecule has 1 aromatic rings. The number of fused-ring (bicyclic) bond motifs is 2. The molecular formula is C18H21N3O6. The molecule has 1 fully saturated rings. The van der Waals surface area contributed by atoms with E-state index in [0.29, 0.717) is 13.0 Å². The van der Waals surface area contributed by atoms with Crippen LogP contribution in [-0.4, -0.2) is 68.6 Å². The monoisotopic (exact) mass is 375 g/mol. The molecule has 0 aliphatic carbocycles. The molecule has 2 heterocycles. The highest BCUT2D eigenvalue weighted by Crippen LogP contribution is 2.29. The first-order valence-electron chi connectivity index (χ1n) is 8.68. The third-order valence-corrected chi connectivity index (χ3v) is 4.90. The molecule has 3 atom stereocenters. The summed E-state index contributed by atoms with van der Waals surface area (Å²) < 4.78 is 0. The van der Waals surface area contributed by atoms with Crippen LogP contribution < -0.4 is 5.32 Å². The molecule has 3 rings (SSSR count). The highest BCUT2D eigenvalue weighted by atomic mass is 16.4. The minimum atomic E-state index is -1.44. The fourth-order valence-electron chi connectivity index (χ4n) is 3.43. The maximum Gasteiger partial charge on any atom is 0.328 e. The van der Waals surface area contributed by atoms with E-state index in [-0.39, 0.29) is 18.9 Å². The largest absolute Gasteiger partial charge is 0.480 e. The fourth-order valence-corrected chi connectivity index (χ4v) is 3.43. The summed E-state index contributed by atoms with van der Waals surface area (Å²) in [6.07, 6.45) is -1.07. The minimum Gasteiger partial charge on any atom is -0.480 e. The zero-order chi connectivity index (χ0) is 19.7. The Hall–Kier alpha value is -2.94. The summed E-state index contributed by atoms with van der Waals surface area (Å²) in [5.74, 6) is -2.37. The Bertz CT molecular complexity index is 750. The van der Waals surface area contributed by atoms with Gasteiger partial charge in [-0.3, -0.25) is 14.5 Å². The summed E-state index contributed by atoms with van der Waals surface area (Å²) >= 11 is 0. The Morgan fingerprint density at radius 1 is 1.26 bits per heavy atom. The molecule has 9 heteroatoms. The number of aliphatic hydroxyl groups is 1. The van der Waals surface area contributed by atoms with E-state index in [9.17, 15) is 24.3 Å². The summed E-state index contributed by atoms with van der Waals surface area (Å²) in [5.41, 5.74) is 2.02. The molecule has 0 radical (unpaired) electrons. The van der Waals surface area contributed by atoms with Crippen LogP contribution in [0.25, 0.3) is 0 Å². The first-order chi connectivity index (χ1) is 12.8. The van der Waals surface area contributed by atoms with Gasteiger partial charge in [0, 0.05) is 25.9 Å². The number of carboxylic acid groups (broad SMARTS) is 1. The van der Waals surface area contributed by atoms with Gasteiger partial charge in [-0.15, -0.1) is 0 Å². The van der Waals surface area contributed by atoms with Gasteiger partial charge in [0.05, 0.1) is 6.10 Å². The summed E-state index contributed by atoms with van der Waals surface area (Å²) in [6, 6.07) is 5.16. The number of carboxylic acids is 1. The van der Waals surface area contributed by atoms with E-state index in [1.807, 2.05) is 24.3 Å². The molecule has 0 spiro atoms. The van der Waals surface area contributed by atoms with Crippen molar-refractivity contribution in [1.29, 1.82) is 0 Å². The average Bonchev–Trinajstić information content (AvgIpc) is 2.86. The number of amides is 4. The minimum absolute atomic E-state index is 0.140. The van der Waals surface area contributed by atoms with Crippen LogP contribution >= 0.6 is 0 Å². The smallest absolute Gasteiger partial charge is 0.328 e. The third-order valence-electron chi connectivity index (χ3n) is 4.90. The summed E-state index contributed by atoms with van der Waals surface area (Å²) in [5, 5.41) is 20.6. The summed E-state index contributed by atoms with van der Waals surface area (Å²) in [4.78, 5) is 50.7. The molecule has 1 saturated heterocycles. The topological polar surface area (TPSA) is 127 Å². The van der Waals surface area contributed by atoms with Crippen molar-refractivity contribution in [3.8, 4) is 0 Å². The van der Waals surface area contributed by atoms with Crippen LogP contribution in [0.15, 0.2) is 24.3 Å². The van der Waals surface area contributed by atoms with Gasteiger partial charge in [0.2, 0.25) is 5.91 Å². The number of nitrogens with zero attached hydrogens (tertiary/aromatic N) is 2. The SMILES string of the molecule is C[C@H](O)[C@@H](NC(=O)CCN1C(=O)[C@H]2Cc3ccccc3CN2C1=O)C(=O)O. The van der Waals surface area contributed by atoms with Gasteiger partial charge in [-0.1, -0.05) is 24.3 Å². The zero-order valence-electron chi connectivity index (χ0n) is 14.8. The number of hydrogen-bond acceptors (Lipinski definition) is 5. The van der Waals surface area contributed by atoms with Gasteiger partial charge in [-0.25, -0.2) is 9.59 Å². The first-order valence-corrected chi connectivity index (χ1v) is 8.68. The van der Waals surface area contributed by atoms with Gasteiger partial charge >= 0.3 is 12.0 Å². The predicted octanol–water partition coefficient (Wildman–Crippen LogP) is -0.284. The van der Waals surface area contributed by atoms with Crippen molar-refractivity contribution >= 4 is 23.8 Å². The molecule has 3 N–H and O–H groups in total.